The maximum atomic E-state index is 13.3. The van der Waals surface area contributed by atoms with E-state index < -0.39 is 0 Å². The second kappa shape index (κ2) is 7.44. The molecule has 2 aromatic carbocycles. The molecule has 28 heavy (non-hydrogen) atoms. The summed E-state index contributed by atoms with van der Waals surface area (Å²) in [6.07, 6.45) is 1.75. The van der Waals surface area contributed by atoms with Gasteiger partial charge in [-0.2, -0.15) is 5.10 Å². The lowest BCUT2D eigenvalue weighted by Gasteiger charge is -2.05. The van der Waals surface area contributed by atoms with Crippen LogP contribution in [0.2, 0.25) is 0 Å². The van der Waals surface area contributed by atoms with Crippen LogP contribution in [-0.4, -0.2) is 29.7 Å². The number of nitrogens with one attached hydrogen (secondary N) is 1. The summed E-state index contributed by atoms with van der Waals surface area (Å²) in [6.45, 7) is 3.62. The Morgan fingerprint density at radius 2 is 1.79 bits per heavy atom. The van der Waals surface area contributed by atoms with Crippen molar-refractivity contribution >= 4 is 18.3 Å². The molecule has 2 aromatic heterocycles. The maximum absolute atomic E-state index is 13.3. The molecular formula is C22H17FN4O. The SMILES string of the molecule is C=Nc1oc(-c2ccccc2)cc1/C(=N\C)c1c[nH]nc1-c1ccc(F)cc1. The third-order valence-electron chi connectivity index (χ3n) is 4.41. The van der Waals surface area contributed by atoms with Gasteiger partial charge in [0, 0.05) is 29.9 Å². The molecule has 0 spiro atoms. The van der Waals surface area contributed by atoms with Crippen LogP contribution in [0, 0.1) is 5.82 Å². The summed E-state index contributed by atoms with van der Waals surface area (Å²) < 4.78 is 19.2. The topological polar surface area (TPSA) is 66.5 Å². The summed E-state index contributed by atoms with van der Waals surface area (Å²) in [7, 11) is 1.69. The molecule has 0 fully saturated rings. The Balaban J connectivity index is 1.81. The zero-order chi connectivity index (χ0) is 19.5. The van der Waals surface area contributed by atoms with Gasteiger partial charge < -0.3 is 4.42 Å². The fourth-order valence-corrected chi connectivity index (χ4v) is 3.10. The first-order chi connectivity index (χ1) is 13.7. The molecule has 0 atom stereocenters. The van der Waals surface area contributed by atoms with Crippen molar-refractivity contribution in [2.75, 3.05) is 7.05 Å². The van der Waals surface area contributed by atoms with Crippen molar-refractivity contribution in [3.63, 3.8) is 0 Å². The molecule has 1 N–H and O–H groups in total. The Morgan fingerprint density at radius 1 is 1.04 bits per heavy atom. The van der Waals surface area contributed by atoms with Crippen LogP contribution in [0.4, 0.5) is 10.3 Å². The molecule has 0 aliphatic heterocycles. The molecule has 6 heteroatoms. The number of nitrogens with zero attached hydrogens (tertiary/aromatic N) is 3. The smallest absolute Gasteiger partial charge is 0.228 e. The van der Waals surface area contributed by atoms with E-state index in [1.165, 1.54) is 12.1 Å². The number of benzene rings is 2. The quantitative estimate of drug-likeness (QED) is 0.485. The molecule has 5 nitrogen and oxygen atoms in total. The minimum absolute atomic E-state index is 0.300. The lowest BCUT2D eigenvalue weighted by molar-refractivity contribution is 0.593. The molecule has 0 bridgehead atoms. The lowest BCUT2D eigenvalue weighted by Crippen LogP contribution is -2.03. The summed E-state index contributed by atoms with van der Waals surface area (Å²) in [5, 5.41) is 7.20. The summed E-state index contributed by atoms with van der Waals surface area (Å²) in [5.74, 6) is 0.752. The largest absolute Gasteiger partial charge is 0.438 e. The number of aromatic amines is 1. The van der Waals surface area contributed by atoms with E-state index in [-0.39, 0.29) is 5.82 Å². The molecule has 0 saturated heterocycles. The van der Waals surface area contributed by atoms with Crippen molar-refractivity contribution in [1.29, 1.82) is 0 Å². The lowest BCUT2D eigenvalue weighted by atomic mass is 10.00. The van der Waals surface area contributed by atoms with Gasteiger partial charge in [0.15, 0.2) is 0 Å². The van der Waals surface area contributed by atoms with Gasteiger partial charge in [-0.05, 0) is 37.0 Å². The minimum atomic E-state index is -0.300. The highest BCUT2D eigenvalue weighted by atomic mass is 19.1. The highest BCUT2D eigenvalue weighted by Crippen LogP contribution is 2.34. The third kappa shape index (κ3) is 3.16. The van der Waals surface area contributed by atoms with Crippen molar-refractivity contribution in [1.82, 2.24) is 10.2 Å². The van der Waals surface area contributed by atoms with E-state index in [9.17, 15) is 4.39 Å². The number of halogens is 1. The summed E-state index contributed by atoms with van der Waals surface area (Å²) in [5.41, 5.74) is 4.50. The van der Waals surface area contributed by atoms with Gasteiger partial charge in [0.05, 0.1) is 11.3 Å². The fourth-order valence-electron chi connectivity index (χ4n) is 3.10. The molecule has 0 unspecified atom stereocenters. The Labute approximate surface area is 161 Å². The Morgan fingerprint density at radius 3 is 2.46 bits per heavy atom. The number of hydrogen-bond acceptors (Lipinski definition) is 4. The first-order valence-corrected chi connectivity index (χ1v) is 8.64. The van der Waals surface area contributed by atoms with Crippen LogP contribution in [-0.2, 0) is 0 Å². The van der Waals surface area contributed by atoms with Gasteiger partial charge in [0.25, 0.3) is 0 Å². The zero-order valence-corrected chi connectivity index (χ0v) is 15.2. The Bertz CT molecular complexity index is 1140. The van der Waals surface area contributed by atoms with Gasteiger partial charge in [-0.15, -0.1) is 0 Å². The molecule has 0 aliphatic carbocycles. The van der Waals surface area contributed by atoms with Gasteiger partial charge in [0.1, 0.15) is 17.3 Å². The summed E-state index contributed by atoms with van der Waals surface area (Å²) in [6, 6.07) is 17.8. The van der Waals surface area contributed by atoms with Crippen molar-refractivity contribution in [3.8, 4) is 22.6 Å². The van der Waals surface area contributed by atoms with Crippen LogP contribution < -0.4 is 0 Å². The van der Waals surface area contributed by atoms with Gasteiger partial charge >= 0.3 is 0 Å². The molecule has 0 aliphatic rings. The molecule has 0 amide bonds. The average Bonchev–Trinajstić information content (AvgIpc) is 3.38. The molecule has 138 valence electrons. The number of rotatable bonds is 5. The molecule has 4 aromatic rings. The maximum Gasteiger partial charge on any atom is 0.228 e. The van der Waals surface area contributed by atoms with E-state index in [0.29, 0.717) is 28.6 Å². The minimum Gasteiger partial charge on any atom is -0.438 e. The highest BCUT2D eigenvalue weighted by Gasteiger charge is 2.22. The van der Waals surface area contributed by atoms with Gasteiger partial charge in [-0.1, -0.05) is 30.3 Å². The average molecular weight is 372 g/mol. The fraction of sp³-hybridized carbons (Fsp3) is 0.0455. The van der Waals surface area contributed by atoms with Gasteiger partial charge in [-0.3, -0.25) is 10.1 Å². The predicted octanol–water partition coefficient (Wildman–Crippen LogP) is 5.28. The van der Waals surface area contributed by atoms with Crippen molar-refractivity contribution in [2.24, 2.45) is 9.98 Å². The molecule has 0 saturated carbocycles. The van der Waals surface area contributed by atoms with Crippen LogP contribution in [0.25, 0.3) is 22.6 Å². The standard InChI is InChI=1S/C22H17FN4O/c1-24-21(18-13-26-27-20(18)15-8-10-16(23)11-9-15)17-12-19(28-22(17)25-2)14-6-4-3-5-7-14/h3-13H,2H2,1H3,(H,26,27)/b24-21+. The van der Waals surface area contributed by atoms with E-state index >= 15 is 0 Å². The van der Waals surface area contributed by atoms with E-state index in [2.05, 4.69) is 26.9 Å². The molecular weight excluding hydrogens is 355 g/mol. The number of H-pyrrole nitrogens is 1. The van der Waals surface area contributed by atoms with Gasteiger partial charge in [-0.25, -0.2) is 9.38 Å². The number of aromatic nitrogens is 2. The number of hydrogen-bond donors (Lipinski definition) is 1. The van der Waals surface area contributed by atoms with Crippen molar-refractivity contribution in [2.45, 2.75) is 0 Å². The first kappa shape index (κ1) is 17.6. The first-order valence-electron chi connectivity index (χ1n) is 8.64. The zero-order valence-electron chi connectivity index (χ0n) is 15.2. The number of furan rings is 1. The third-order valence-corrected chi connectivity index (χ3v) is 4.41. The Hall–Kier alpha value is -3.80. The second-order valence-corrected chi connectivity index (χ2v) is 6.08. The molecule has 0 radical (unpaired) electrons. The van der Waals surface area contributed by atoms with E-state index in [4.69, 9.17) is 4.42 Å². The normalized spacial score (nSPS) is 11.6. The Kier molecular flexibility index (Phi) is 4.68. The number of aliphatic imine (C=N–C) groups is 2. The second-order valence-electron chi connectivity index (χ2n) is 6.08. The van der Waals surface area contributed by atoms with Crippen molar-refractivity contribution < 1.29 is 8.81 Å². The molecule has 4 rings (SSSR count). The van der Waals surface area contributed by atoms with Crippen LogP contribution in [0.5, 0.6) is 0 Å². The molecule has 2 heterocycles. The van der Waals surface area contributed by atoms with Gasteiger partial charge in [0.2, 0.25) is 5.88 Å². The van der Waals surface area contributed by atoms with Crippen LogP contribution in [0.1, 0.15) is 11.1 Å². The summed E-state index contributed by atoms with van der Waals surface area (Å²) in [4.78, 5) is 8.49. The van der Waals surface area contributed by atoms with Crippen LogP contribution in [0.3, 0.4) is 0 Å². The predicted molar refractivity (Wildman–Crippen MR) is 109 cm³/mol. The monoisotopic (exact) mass is 372 g/mol. The van der Waals surface area contributed by atoms with E-state index in [0.717, 1.165) is 16.7 Å². The van der Waals surface area contributed by atoms with Crippen LogP contribution in [0.15, 0.2) is 81.3 Å². The van der Waals surface area contributed by atoms with Crippen molar-refractivity contribution in [3.05, 3.63) is 83.8 Å². The summed E-state index contributed by atoms with van der Waals surface area (Å²) >= 11 is 0. The van der Waals surface area contributed by atoms with Crippen LogP contribution >= 0.6 is 0 Å². The van der Waals surface area contributed by atoms with E-state index in [1.54, 1.807) is 25.4 Å². The van der Waals surface area contributed by atoms with E-state index in [1.807, 2.05) is 36.4 Å². The highest BCUT2D eigenvalue weighted by molar-refractivity contribution is 6.18.